The van der Waals surface area contributed by atoms with Gasteiger partial charge in [-0.25, -0.2) is 0 Å². The third-order valence-electron chi connectivity index (χ3n) is 2.77. The van der Waals surface area contributed by atoms with E-state index in [9.17, 15) is 4.79 Å². The Morgan fingerprint density at radius 1 is 1.26 bits per heavy atom. The van der Waals surface area contributed by atoms with Gasteiger partial charge in [-0.05, 0) is 42.5 Å². The topological polar surface area (TPSA) is 50.4 Å². The van der Waals surface area contributed by atoms with Crippen LogP contribution in [0.15, 0.2) is 61.2 Å². The quantitative estimate of drug-likeness (QED) is 0.634. The summed E-state index contributed by atoms with van der Waals surface area (Å²) in [4.78, 5) is 12.1. The van der Waals surface area contributed by atoms with E-state index in [2.05, 4.69) is 17.2 Å². The second kappa shape index (κ2) is 8.31. The van der Waals surface area contributed by atoms with Crippen LogP contribution in [0.2, 0.25) is 5.02 Å². The normalized spacial score (nSPS) is 9.78. The van der Waals surface area contributed by atoms with E-state index in [-0.39, 0.29) is 11.0 Å². The third kappa shape index (κ3) is 5.39. The van der Waals surface area contributed by atoms with Gasteiger partial charge in [0.2, 0.25) is 0 Å². The van der Waals surface area contributed by atoms with E-state index in [0.717, 1.165) is 0 Å². The predicted octanol–water partition coefficient (Wildman–Crippen LogP) is 4.03. The van der Waals surface area contributed by atoms with Crippen LogP contribution >= 0.6 is 23.8 Å². The number of amides is 1. The van der Waals surface area contributed by atoms with Crippen molar-refractivity contribution in [2.45, 2.75) is 0 Å². The minimum Gasteiger partial charge on any atom is -0.489 e. The minimum absolute atomic E-state index is 0.191. The number of hydrogen-bond acceptors (Lipinski definition) is 3. The third-order valence-corrected chi connectivity index (χ3v) is 3.21. The van der Waals surface area contributed by atoms with Crippen molar-refractivity contribution in [3.05, 3.63) is 71.8 Å². The van der Waals surface area contributed by atoms with E-state index in [1.165, 1.54) is 0 Å². The predicted molar refractivity (Wildman–Crippen MR) is 97.3 cm³/mol. The zero-order valence-electron chi connectivity index (χ0n) is 12.2. The molecule has 0 radical (unpaired) electrons. The zero-order chi connectivity index (χ0) is 16.7. The van der Waals surface area contributed by atoms with Crippen LogP contribution in [0.5, 0.6) is 5.75 Å². The molecular weight excluding hydrogens is 332 g/mol. The van der Waals surface area contributed by atoms with Gasteiger partial charge in [-0.3, -0.25) is 10.1 Å². The SMILES string of the molecule is C=CCOc1cccc(NC(=S)NC(=O)c2cccc(Cl)c2)c1. The van der Waals surface area contributed by atoms with Crippen molar-refractivity contribution in [3.8, 4) is 5.75 Å². The lowest BCUT2D eigenvalue weighted by Crippen LogP contribution is -2.34. The van der Waals surface area contributed by atoms with E-state index >= 15 is 0 Å². The lowest BCUT2D eigenvalue weighted by atomic mass is 10.2. The van der Waals surface area contributed by atoms with Crippen LogP contribution in [-0.2, 0) is 0 Å². The molecule has 2 rings (SSSR count). The standard InChI is InChI=1S/C17H15ClN2O2S/c1-2-9-22-15-8-4-7-14(11-15)19-17(23)20-16(21)12-5-3-6-13(18)10-12/h2-8,10-11H,1,9H2,(H2,19,20,21,23). The van der Waals surface area contributed by atoms with Crippen LogP contribution in [0.25, 0.3) is 0 Å². The molecule has 2 aromatic carbocycles. The fourth-order valence-corrected chi connectivity index (χ4v) is 2.19. The highest BCUT2D eigenvalue weighted by Gasteiger charge is 2.08. The van der Waals surface area contributed by atoms with Gasteiger partial charge in [-0.15, -0.1) is 0 Å². The maximum absolute atomic E-state index is 12.1. The maximum Gasteiger partial charge on any atom is 0.257 e. The Kier molecular flexibility index (Phi) is 6.14. The summed E-state index contributed by atoms with van der Waals surface area (Å²) in [6.07, 6.45) is 1.66. The van der Waals surface area contributed by atoms with Gasteiger partial charge in [0.25, 0.3) is 5.91 Å². The Morgan fingerprint density at radius 2 is 2.04 bits per heavy atom. The Labute approximate surface area is 145 Å². The largest absolute Gasteiger partial charge is 0.489 e. The van der Waals surface area contributed by atoms with Crippen molar-refractivity contribution >= 4 is 40.5 Å². The Bertz CT molecular complexity index is 734. The Balaban J connectivity index is 1.96. The summed E-state index contributed by atoms with van der Waals surface area (Å²) >= 11 is 11.0. The smallest absolute Gasteiger partial charge is 0.257 e. The number of halogens is 1. The van der Waals surface area contributed by atoms with Gasteiger partial charge < -0.3 is 10.1 Å². The molecule has 0 spiro atoms. The number of nitrogens with one attached hydrogen (secondary N) is 2. The molecule has 0 aliphatic carbocycles. The zero-order valence-corrected chi connectivity index (χ0v) is 13.8. The number of thiocarbonyl (C=S) groups is 1. The molecule has 0 saturated carbocycles. The van der Waals surface area contributed by atoms with Crippen molar-refractivity contribution in [3.63, 3.8) is 0 Å². The molecule has 6 heteroatoms. The van der Waals surface area contributed by atoms with Crippen molar-refractivity contribution in [2.75, 3.05) is 11.9 Å². The van der Waals surface area contributed by atoms with E-state index in [1.54, 1.807) is 36.4 Å². The van der Waals surface area contributed by atoms with Crippen LogP contribution in [0.4, 0.5) is 5.69 Å². The van der Waals surface area contributed by atoms with E-state index < -0.39 is 0 Å². The van der Waals surface area contributed by atoms with Crippen LogP contribution in [0, 0.1) is 0 Å². The second-order valence-electron chi connectivity index (χ2n) is 4.55. The molecule has 0 saturated heterocycles. The summed E-state index contributed by atoms with van der Waals surface area (Å²) in [5, 5.41) is 6.22. The Morgan fingerprint density at radius 3 is 2.78 bits per heavy atom. The summed E-state index contributed by atoms with van der Waals surface area (Å²) in [5.41, 5.74) is 1.15. The number of benzene rings is 2. The Hall–Kier alpha value is -2.37. The van der Waals surface area contributed by atoms with Crippen molar-refractivity contribution in [1.29, 1.82) is 0 Å². The molecule has 0 fully saturated rings. The van der Waals surface area contributed by atoms with Crippen molar-refractivity contribution < 1.29 is 9.53 Å². The first-order valence-corrected chi connectivity index (χ1v) is 7.59. The van der Waals surface area contributed by atoms with Crippen LogP contribution in [-0.4, -0.2) is 17.6 Å². The van der Waals surface area contributed by atoms with Gasteiger partial charge >= 0.3 is 0 Å². The number of carbonyl (C=O) groups is 1. The summed E-state index contributed by atoms with van der Waals surface area (Å²) in [5.74, 6) is 0.350. The molecule has 4 nitrogen and oxygen atoms in total. The number of rotatable bonds is 5. The highest BCUT2D eigenvalue weighted by molar-refractivity contribution is 7.80. The van der Waals surface area contributed by atoms with Crippen molar-refractivity contribution in [1.82, 2.24) is 5.32 Å². The molecule has 0 unspecified atom stereocenters. The molecule has 0 aliphatic heterocycles. The summed E-state index contributed by atoms with van der Waals surface area (Å²) in [7, 11) is 0. The first-order chi connectivity index (χ1) is 11.1. The van der Waals surface area contributed by atoms with E-state index in [1.807, 2.05) is 18.2 Å². The van der Waals surface area contributed by atoms with E-state index in [0.29, 0.717) is 28.6 Å². The summed E-state index contributed by atoms with van der Waals surface area (Å²) in [6, 6.07) is 13.9. The fraction of sp³-hybridized carbons (Fsp3) is 0.0588. The minimum atomic E-state index is -0.330. The van der Waals surface area contributed by atoms with Gasteiger partial charge in [-0.2, -0.15) is 0 Å². The van der Waals surface area contributed by atoms with Gasteiger partial charge in [0.15, 0.2) is 5.11 Å². The van der Waals surface area contributed by atoms with Crippen molar-refractivity contribution in [2.24, 2.45) is 0 Å². The van der Waals surface area contributed by atoms with Crippen LogP contribution < -0.4 is 15.4 Å². The van der Waals surface area contributed by atoms with Gasteiger partial charge in [0, 0.05) is 22.3 Å². The lowest BCUT2D eigenvalue weighted by molar-refractivity contribution is 0.0977. The molecule has 0 heterocycles. The molecule has 2 aromatic rings. The number of anilines is 1. The van der Waals surface area contributed by atoms with Gasteiger partial charge in [-0.1, -0.05) is 36.4 Å². The molecule has 2 N–H and O–H groups in total. The monoisotopic (exact) mass is 346 g/mol. The average molecular weight is 347 g/mol. The van der Waals surface area contributed by atoms with Crippen LogP contribution in [0.3, 0.4) is 0 Å². The molecule has 0 aromatic heterocycles. The molecule has 23 heavy (non-hydrogen) atoms. The molecular formula is C17H15ClN2O2S. The number of hydrogen-bond donors (Lipinski definition) is 2. The van der Waals surface area contributed by atoms with Gasteiger partial charge in [0.1, 0.15) is 12.4 Å². The summed E-state index contributed by atoms with van der Waals surface area (Å²) in [6.45, 7) is 4.01. The molecule has 1 amide bonds. The highest BCUT2D eigenvalue weighted by atomic mass is 35.5. The second-order valence-corrected chi connectivity index (χ2v) is 5.39. The maximum atomic E-state index is 12.1. The molecule has 118 valence electrons. The average Bonchev–Trinajstić information content (AvgIpc) is 2.53. The molecule has 0 aliphatic rings. The number of ether oxygens (including phenoxy) is 1. The highest BCUT2D eigenvalue weighted by Crippen LogP contribution is 2.17. The van der Waals surface area contributed by atoms with Gasteiger partial charge in [0.05, 0.1) is 0 Å². The fourth-order valence-electron chi connectivity index (χ4n) is 1.79. The number of carbonyl (C=O) groups excluding carboxylic acids is 1. The molecule has 0 bridgehead atoms. The lowest BCUT2D eigenvalue weighted by Gasteiger charge is -2.11. The molecule has 0 atom stereocenters. The van der Waals surface area contributed by atoms with E-state index in [4.69, 9.17) is 28.6 Å². The first kappa shape index (κ1) is 17.0. The summed E-state index contributed by atoms with van der Waals surface area (Å²) < 4.78 is 5.44. The first-order valence-electron chi connectivity index (χ1n) is 6.80. The van der Waals surface area contributed by atoms with Crippen LogP contribution in [0.1, 0.15) is 10.4 Å².